The van der Waals surface area contributed by atoms with Crippen molar-refractivity contribution < 1.29 is 19.4 Å². The van der Waals surface area contributed by atoms with Gasteiger partial charge in [0, 0.05) is 5.39 Å². The summed E-state index contributed by atoms with van der Waals surface area (Å²) in [5.74, 6) is -1.12. The zero-order valence-corrected chi connectivity index (χ0v) is 17.4. The van der Waals surface area contributed by atoms with Crippen molar-refractivity contribution in [1.82, 2.24) is 9.78 Å². The lowest BCUT2D eigenvalue weighted by molar-refractivity contribution is -0.120. The van der Waals surface area contributed by atoms with Gasteiger partial charge in [-0.15, -0.1) is 0 Å². The van der Waals surface area contributed by atoms with E-state index >= 15 is 0 Å². The van der Waals surface area contributed by atoms with Crippen molar-refractivity contribution in [3.05, 3.63) is 100 Å². The van der Waals surface area contributed by atoms with Crippen LogP contribution in [-0.4, -0.2) is 33.4 Å². The Hall–Kier alpha value is -4.46. The molecule has 0 unspecified atom stereocenters. The predicted molar refractivity (Wildman–Crippen MR) is 122 cm³/mol. The van der Waals surface area contributed by atoms with Crippen LogP contribution in [0.4, 0.5) is 5.69 Å². The monoisotopic (exact) mass is 441 g/mol. The molecule has 0 saturated heterocycles. The number of carbonyl (C=O) groups is 2. The van der Waals surface area contributed by atoms with Gasteiger partial charge < -0.3 is 9.84 Å². The second-order valence-electron chi connectivity index (χ2n) is 7.63. The summed E-state index contributed by atoms with van der Waals surface area (Å²) in [5.41, 5.74) is 0.655. The van der Waals surface area contributed by atoms with Crippen LogP contribution >= 0.6 is 0 Å². The lowest BCUT2D eigenvalue weighted by Crippen LogP contribution is -2.44. The summed E-state index contributed by atoms with van der Waals surface area (Å²) < 4.78 is 6.82. The number of carboxylic acids is 1. The van der Waals surface area contributed by atoms with Crippen LogP contribution in [0.3, 0.4) is 0 Å². The topological polar surface area (TPSA) is 102 Å². The number of aromatic carboxylic acids is 1. The second kappa shape index (κ2) is 8.23. The molecule has 1 amide bonds. The number of aromatic nitrogens is 2. The van der Waals surface area contributed by atoms with Crippen molar-refractivity contribution in [2.75, 3.05) is 11.5 Å². The molecule has 1 aliphatic heterocycles. The first-order valence-corrected chi connectivity index (χ1v) is 10.4. The minimum Gasteiger partial charge on any atom is -0.489 e. The largest absolute Gasteiger partial charge is 0.489 e. The van der Waals surface area contributed by atoms with Crippen molar-refractivity contribution in [3.8, 4) is 5.75 Å². The van der Waals surface area contributed by atoms with E-state index in [0.717, 1.165) is 10.2 Å². The van der Waals surface area contributed by atoms with E-state index in [0.29, 0.717) is 11.4 Å². The molecule has 0 saturated carbocycles. The molecule has 0 radical (unpaired) electrons. The Morgan fingerprint density at radius 1 is 0.939 bits per heavy atom. The summed E-state index contributed by atoms with van der Waals surface area (Å²) in [6.45, 7) is -0.172. The van der Waals surface area contributed by atoms with Crippen LogP contribution in [-0.2, 0) is 11.3 Å². The predicted octanol–water partition coefficient (Wildman–Crippen LogP) is 3.26. The lowest BCUT2D eigenvalue weighted by atomic mass is 10.0. The molecule has 1 atom stereocenters. The fraction of sp³-hybridized carbons (Fsp3) is 0.120. The van der Waals surface area contributed by atoms with Crippen molar-refractivity contribution in [3.63, 3.8) is 0 Å². The number of carbonyl (C=O) groups excluding carboxylic acids is 1. The molecule has 0 fully saturated rings. The van der Waals surface area contributed by atoms with Crippen LogP contribution in [0.1, 0.15) is 22.1 Å². The number of anilines is 1. The number of hydrogen-bond acceptors (Lipinski definition) is 5. The first-order valence-electron chi connectivity index (χ1n) is 10.4. The molecule has 3 aromatic carbocycles. The zero-order valence-electron chi connectivity index (χ0n) is 17.4. The quantitative estimate of drug-likeness (QED) is 0.522. The second-order valence-corrected chi connectivity index (χ2v) is 7.63. The summed E-state index contributed by atoms with van der Waals surface area (Å²) in [7, 11) is 0. The number of carboxylic acid groups (broad SMARTS) is 1. The smallest absolute Gasteiger partial charge is 0.357 e. The van der Waals surface area contributed by atoms with E-state index in [4.69, 9.17) is 4.74 Å². The Morgan fingerprint density at radius 2 is 1.61 bits per heavy atom. The van der Waals surface area contributed by atoms with Gasteiger partial charge >= 0.3 is 5.97 Å². The normalized spacial score (nSPS) is 15.0. The maximum absolute atomic E-state index is 13.6. The van der Waals surface area contributed by atoms with Crippen molar-refractivity contribution in [2.45, 2.75) is 12.6 Å². The van der Waals surface area contributed by atoms with E-state index in [1.165, 1.54) is 12.1 Å². The molecule has 0 aliphatic carbocycles. The molecule has 1 aromatic heterocycles. The lowest BCUT2D eigenvalue weighted by Gasteiger charge is -2.37. The molecule has 33 heavy (non-hydrogen) atoms. The number of nitrogens with zero attached hydrogens (tertiary/aromatic N) is 3. The van der Waals surface area contributed by atoms with Crippen LogP contribution in [0.25, 0.3) is 10.8 Å². The minimum atomic E-state index is -1.27. The van der Waals surface area contributed by atoms with E-state index in [2.05, 4.69) is 5.10 Å². The van der Waals surface area contributed by atoms with Crippen LogP contribution in [0.5, 0.6) is 5.75 Å². The van der Waals surface area contributed by atoms with Gasteiger partial charge in [-0.05, 0) is 23.8 Å². The summed E-state index contributed by atoms with van der Waals surface area (Å²) in [4.78, 5) is 40.0. The van der Waals surface area contributed by atoms with Crippen molar-refractivity contribution in [1.29, 1.82) is 0 Å². The molecule has 8 nitrogen and oxygen atoms in total. The molecular weight excluding hydrogens is 422 g/mol. The standard InChI is InChI=1S/C25H19N3O5/c29-22(14-27-24(30)18-11-5-4-10-17(18)23(26-27)25(31)32)28-19-12-6-7-13-21(19)33-15-20(28)16-8-2-1-3-9-16/h1-13,20H,14-15H2,(H,31,32)/t20-/m1/s1. The maximum atomic E-state index is 13.6. The SMILES string of the molecule is O=C(O)c1nn(CC(=O)N2c3ccccc3OC[C@@H]2c2ccccc2)c(=O)c2ccccc12. The number of benzene rings is 3. The third kappa shape index (κ3) is 3.61. The number of ether oxygens (including phenoxy) is 1. The van der Waals surface area contributed by atoms with E-state index in [1.54, 1.807) is 35.2 Å². The van der Waals surface area contributed by atoms with Gasteiger partial charge in [-0.2, -0.15) is 5.10 Å². The molecule has 4 aromatic rings. The van der Waals surface area contributed by atoms with Gasteiger partial charge in [-0.3, -0.25) is 14.5 Å². The van der Waals surface area contributed by atoms with E-state index in [-0.39, 0.29) is 23.1 Å². The molecule has 1 N–H and O–H groups in total. The molecule has 0 spiro atoms. The molecule has 1 aliphatic rings. The van der Waals surface area contributed by atoms with Gasteiger partial charge in [0.1, 0.15) is 18.9 Å². The number of hydrogen-bond donors (Lipinski definition) is 1. The number of fused-ring (bicyclic) bond motifs is 2. The van der Waals surface area contributed by atoms with Crippen LogP contribution < -0.4 is 15.2 Å². The Morgan fingerprint density at radius 3 is 2.36 bits per heavy atom. The first kappa shape index (κ1) is 20.4. The van der Waals surface area contributed by atoms with Crippen LogP contribution in [0.15, 0.2) is 83.7 Å². The number of rotatable bonds is 4. The number of amides is 1. The van der Waals surface area contributed by atoms with Gasteiger partial charge in [0.2, 0.25) is 5.91 Å². The maximum Gasteiger partial charge on any atom is 0.357 e. The third-order valence-corrected chi connectivity index (χ3v) is 5.64. The molecule has 5 rings (SSSR count). The van der Waals surface area contributed by atoms with Gasteiger partial charge in [-0.25, -0.2) is 9.48 Å². The van der Waals surface area contributed by atoms with Gasteiger partial charge in [0.25, 0.3) is 5.56 Å². The Bertz CT molecular complexity index is 1430. The van der Waals surface area contributed by atoms with E-state index < -0.39 is 30.0 Å². The van der Waals surface area contributed by atoms with Gasteiger partial charge in [0.15, 0.2) is 5.69 Å². The van der Waals surface area contributed by atoms with E-state index in [1.807, 2.05) is 36.4 Å². The summed E-state index contributed by atoms with van der Waals surface area (Å²) >= 11 is 0. The highest BCUT2D eigenvalue weighted by Gasteiger charge is 2.33. The van der Waals surface area contributed by atoms with E-state index in [9.17, 15) is 19.5 Å². The molecule has 164 valence electrons. The van der Waals surface area contributed by atoms with Gasteiger partial charge in [0.05, 0.1) is 17.1 Å². The van der Waals surface area contributed by atoms with Crippen molar-refractivity contribution >= 4 is 28.3 Å². The van der Waals surface area contributed by atoms with Gasteiger partial charge in [-0.1, -0.05) is 60.7 Å². The van der Waals surface area contributed by atoms with Crippen molar-refractivity contribution in [2.24, 2.45) is 0 Å². The highest BCUT2D eigenvalue weighted by molar-refractivity contribution is 6.01. The molecular formula is C25H19N3O5. The van der Waals surface area contributed by atoms with Crippen LogP contribution in [0.2, 0.25) is 0 Å². The summed E-state index contributed by atoms with van der Waals surface area (Å²) in [6.07, 6.45) is 0. The Balaban J connectivity index is 1.59. The first-order chi connectivity index (χ1) is 16.0. The van der Waals surface area contributed by atoms with Crippen LogP contribution in [0, 0.1) is 0 Å². The fourth-order valence-corrected chi connectivity index (χ4v) is 4.12. The average Bonchev–Trinajstić information content (AvgIpc) is 2.85. The average molecular weight is 441 g/mol. The Kier molecular flexibility index (Phi) is 5.10. The fourth-order valence-electron chi connectivity index (χ4n) is 4.12. The molecule has 0 bridgehead atoms. The minimum absolute atomic E-state index is 0.194. The molecule has 8 heteroatoms. The highest BCUT2D eigenvalue weighted by atomic mass is 16.5. The summed E-state index contributed by atoms with van der Waals surface area (Å²) in [6, 6.07) is 22.6. The highest BCUT2D eigenvalue weighted by Crippen LogP contribution is 2.39. The summed E-state index contributed by atoms with van der Waals surface area (Å²) in [5, 5.41) is 14.1. The number of para-hydroxylation sites is 2. The zero-order chi connectivity index (χ0) is 22.9. The molecule has 2 heterocycles. The third-order valence-electron chi connectivity index (χ3n) is 5.64. The Labute approximate surface area is 188 Å².